The topological polar surface area (TPSA) is 57.2 Å². The summed E-state index contributed by atoms with van der Waals surface area (Å²) in [6, 6.07) is 30.7. The third-order valence-electron chi connectivity index (χ3n) is 5.88. The van der Waals surface area contributed by atoms with E-state index in [2.05, 4.69) is 0 Å². The van der Waals surface area contributed by atoms with Gasteiger partial charge < -0.3 is 23.8 Å². The third-order valence-corrected chi connectivity index (χ3v) is 5.88. The summed E-state index contributed by atoms with van der Waals surface area (Å²) < 4.78 is 22.9. The Hall–Kier alpha value is -4.45. The van der Waals surface area contributed by atoms with E-state index < -0.39 is 0 Å². The average molecular weight is 498 g/mol. The van der Waals surface area contributed by atoms with Crippen molar-refractivity contribution in [2.75, 3.05) is 21.3 Å². The number of nitrogens with zero attached hydrogens (tertiary/aromatic N) is 1. The summed E-state index contributed by atoms with van der Waals surface area (Å²) in [5.74, 6) is 2.24. The van der Waals surface area contributed by atoms with Crippen LogP contribution >= 0.6 is 0 Å². The molecule has 4 aromatic carbocycles. The van der Waals surface area contributed by atoms with Crippen LogP contribution in [0.25, 0.3) is 0 Å². The Morgan fingerprint density at radius 1 is 0.622 bits per heavy atom. The van der Waals surface area contributed by atoms with Gasteiger partial charge in [-0.1, -0.05) is 66.7 Å². The van der Waals surface area contributed by atoms with Gasteiger partial charge in [-0.3, -0.25) is 4.79 Å². The largest absolute Gasteiger partial charge is 0.493 e. The number of hydrogen-bond donors (Lipinski definition) is 0. The van der Waals surface area contributed by atoms with Gasteiger partial charge in [-0.15, -0.1) is 0 Å². The molecular weight excluding hydrogens is 466 g/mol. The van der Waals surface area contributed by atoms with Crippen LogP contribution in [-0.4, -0.2) is 32.1 Å². The number of ether oxygens (including phenoxy) is 4. The van der Waals surface area contributed by atoms with E-state index in [-0.39, 0.29) is 5.91 Å². The van der Waals surface area contributed by atoms with Crippen LogP contribution in [0.2, 0.25) is 0 Å². The van der Waals surface area contributed by atoms with Crippen molar-refractivity contribution in [3.8, 4) is 23.0 Å². The molecule has 6 nitrogen and oxygen atoms in total. The van der Waals surface area contributed by atoms with Crippen molar-refractivity contribution in [1.82, 2.24) is 4.90 Å². The van der Waals surface area contributed by atoms with E-state index in [1.54, 1.807) is 44.4 Å². The highest BCUT2D eigenvalue weighted by Crippen LogP contribution is 2.31. The van der Waals surface area contributed by atoms with Crippen LogP contribution < -0.4 is 18.9 Å². The molecule has 0 atom stereocenters. The third kappa shape index (κ3) is 6.82. The molecule has 0 aliphatic rings. The van der Waals surface area contributed by atoms with Gasteiger partial charge in [0.25, 0.3) is 5.91 Å². The normalized spacial score (nSPS) is 10.5. The predicted octanol–water partition coefficient (Wildman–Crippen LogP) is 6.13. The molecule has 0 saturated carbocycles. The number of benzene rings is 4. The van der Waals surface area contributed by atoms with Gasteiger partial charge in [0.1, 0.15) is 13.2 Å². The first-order chi connectivity index (χ1) is 18.1. The van der Waals surface area contributed by atoms with E-state index in [0.717, 1.165) is 16.7 Å². The maximum atomic E-state index is 13.2. The van der Waals surface area contributed by atoms with Gasteiger partial charge in [0.15, 0.2) is 23.0 Å². The van der Waals surface area contributed by atoms with E-state index in [4.69, 9.17) is 18.9 Å². The maximum Gasteiger partial charge on any atom is 0.254 e. The zero-order valence-electron chi connectivity index (χ0n) is 21.3. The molecule has 0 aliphatic heterocycles. The van der Waals surface area contributed by atoms with Crippen LogP contribution in [0, 0.1) is 0 Å². The summed E-state index contributed by atoms with van der Waals surface area (Å²) in [6.45, 7) is 1.23. The number of methoxy groups -OCH3 is 2. The Balaban J connectivity index is 1.42. The van der Waals surface area contributed by atoms with Gasteiger partial charge in [-0.2, -0.15) is 0 Å². The summed E-state index contributed by atoms with van der Waals surface area (Å²) in [4.78, 5) is 14.9. The Morgan fingerprint density at radius 2 is 1.19 bits per heavy atom. The van der Waals surface area contributed by atoms with Crippen LogP contribution in [0.3, 0.4) is 0 Å². The average Bonchev–Trinajstić information content (AvgIpc) is 2.95. The standard InChI is InChI=1S/C31H31NO5/c1-32(20-25-14-16-28(29(18-25)35-3)36-21-23-10-6-4-7-11-23)31(33)26-15-17-27(34-2)30(19-26)37-22-24-12-8-5-9-13-24/h4-19H,20-22H2,1-3H3. The van der Waals surface area contributed by atoms with Gasteiger partial charge in [0, 0.05) is 19.2 Å². The smallest absolute Gasteiger partial charge is 0.254 e. The van der Waals surface area contributed by atoms with E-state index in [9.17, 15) is 4.79 Å². The van der Waals surface area contributed by atoms with Gasteiger partial charge in [-0.05, 0) is 47.0 Å². The fourth-order valence-corrected chi connectivity index (χ4v) is 3.89. The highest BCUT2D eigenvalue weighted by Gasteiger charge is 2.17. The number of carbonyl (C=O) groups is 1. The van der Waals surface area contributed by atoms with Crippen LogP contribution in [0.15, 0.2) is 97.1 Å². The fraction of sp³-hybridized carbons (Fsp3) is 0.194. The molecule has 0 unspecified atom stereocenters. The van der Waals surface area contributed by atoms with Crippen molar-refractivity contribution < 1.29 is 23.7 Å². The number of amides is 1. The van der Waals surface area contributed by atoms with E-state index in [1.165, 1.54) is 0 Å². The Kier molecular flexibility index (Phi) is 8.66. The lowest BCUT2D eigenvalue weighted by Crippen LogP contribution is -2.26. The molecule has 0 heterocycles. The monoisotopic (exact) mass is 497 g/mol. The fourth-order valence-electron chi connectivity index (χ4n) is 3.89. The minimum absolute atomic E-state index is 0.129. The summed E-state index contributed by atoms with van der Waals surface area (Å²) in [5, 5.41) is 0. The summed E-state index contributed by atoms with van der Waals surface area (Å²) in [7, 11) is 4.96. The zero-order valence-corrected chi connectivity index (χ0v) is 21.3. The van der Waals surface area contributed by atoms with Crippen molar-refractivity contribution >= 4 is 5.91 Å². The molecule has 0 spiro atoms. The molecule has 0 aromatic heterocycles. The number of carbonyl (C=O) groups excluding carboxylic acids is 1. The molecule has 6 heteroatoms. The second-order valence-corrected chi connectivity index (χ2v) is 8.56. The molecule has 0 bridgehead atoms. The van der Waals surface area contributed by atoms with Crippen LogP contribution in [0.5, 0.6) is 23.0 Å². The predicted molar refractivity (Wildman–Crippen MR) is 143 cm³/mol. The summed E-state index contributed by atoms with van der Waals surface area (Å²) >= 11 is 0. The second-order valence-electron chi connectivity index (χ2n) is 8.56. The number of rotatable bonds is 11. The molecule has 0 N–H and O–H groups in total. The minimum Gasteiger partial charge on any atom is -0.493 e. The second kappa shape index (κ2) is 12.5. The Morgan fingerprint density at radius 3 is 1.78 bits per heavy atom. The lowest BCUT2D eigenvalue weighted by atomic mass is 10.1. The van der Waals surface area contributed by atoms with Crippen molar-refractivity contribution in [3.05, 3.63) is 119 Å². The highest BCUT2D eigenvalue weighted by atomic mass is 16.5. The first-order valence-electron chi connectivity index (χ1n) is 12.0. The highest BCUT2D eigenvalue weighted by molar-refractivity contribution is 5.94. The van der Waals surface area contributed by atoms with Crippen molar-refractivity contribution in [3.63, 3.8) is 0 Å². The molecule has 0 fully saturated rings. The van der Waals surface area contributed by atoms with E-state index in [1.807, 2.05) is 78.9 Å². The number of hydrogen-bond acceptors (Lipinski definition) is 5. The lowest BCUT2D eigenvalue weighted by Gasteiger charge is -2.20. The van der Waals surface area contributed by atoms with Gasteiger partial charge in [0.2, 0.25) is 0 Å². The molecule has 4 rings (SSSR count). The Bertz CT molecular complexity index is 1310. The zero-order chi connectivity index (χ0) is 26.0. The van der Waals surface area contributed by atoms with E-state index >= 15 is 0 Å². The van der Waals surface area contributed by atoms with Crippen LogP contribution in [0.1, 0.15) is 27.0 Å². The van der Waals surface area contributed by atoms with Crippen molar-refractivity contribution in [1.29, 1.82) is 0 Å². The maximum absolute atomic E-state index is 13.2. The molecule has 37 heavy (non-hydrogen) atoms. The quantitative estimate of drug-likeness (QED) is 0.249. The van der Waals surface area contributed by atoms with E-state index in [0.29, 0.717) is 48.3 Å². The first-order valence-corrected chi connectivity index (χ1v) is 12.0. The molecule has 4 aromatic rings. The van der Waals surface area contributed by atoms with Gasteiger partial charge in [0.05, 0.1) is 14.2 Å². The molecular formula is C31H31NO5. The van der Waals surface area contributed by atoms with Crippen molar-refractivity contribution in [2.45, 2.75) is 19.8 Å². The summed E-state index contributed by atoms with van der Waals surface area (Å²) in [5.41, 5.74) is 3.55. The van der Waals surface area contributed by atoms with Crippen molar-refractivity contribution in [2.24, 2.45) is 0 Å². The minimum atomic E-state index is -0.129. The van der Waals surface area contributed by atoms with Gasteiger partial charge in [-0.25, -0.2) is 0 Å². The lowest BCUT2D eigenvalue weighted by molar-refractivity contribution is 0.0784. The SMILES string of the molecule is COc1cc(CN(C)C(=O)c2ccc(OC)c(OCc3ccccc3)c2)ccc1OCc1ccccc1. The molecule has 190 valence electrons. The van der Waals surface area contributed by atoms with Crippen LogP contribution in [-0.2, 0) is 19.8 Å². The molecule has 1 amide bonds. The van der Waals surface area contributed by atoms with Crippen LogP contribution in [0.4, 0.5) is 0 Å². The van der Waals surface area contributed by atoms with Gasteiger partial charge >= 0.3 is 0 Å². The Labute approximate surface area is 218 Å². The molecule has 0 radical (unpaired) electrons. The summed E-state index contributed by atoms with van der Waals surface area (Å²) in [6.07, 6.45) is 0. The molecule has 0 aliphatic carbocycles. The molecule has 0 saturated heterocycles. The first kappa shape index (κ1) is 25.6.